The molecular formula is C17H21NO4. The predicted octanol–water partition coefficient (Wildman–Crippen LogP) is 2.09. The molecule has 1 N–H and O–H groups in total. The van der Waals surface area contributed by atoms with Crippen LogP contribution in [-0.4, -0.2) is 41.6 Å². The van der Waals surface area contributed by atoms with E-state index in [-0.39, 0.29) is 11.5 Å². The average molecular weight is 303 g/mol. The van der Waals surface area contributed by atoms with Crippen LogP contribution in [0, 0.1) is 5.92 Å². The van der Waals surface area contributed by atoms with Gasteiger partial charge in [-0.05, 0) is 48.4 Å². The molecular weight excluding hydrogens is 282 g/mol. The number of hydrogen-bond donors (Lipinski definition) is 1. The van der Waals surface area contributed by atoms with Gasteiger partial charge in [-0.2, -0.15) is 0 Å². The number of carbonyl (C=O) groups is 2. The van der Waals surface area contributed by atoms with Crippen molar-refractivity contribution in [1.82, 2.24) is 4.90 Å². The summed E-state index contributed by atoms with van der Waals surface area (Å²) in [5, 5.41) is 9.07. The zero-order valence-corrected chi connectivity index (χ0v) is 12.6. The zero-order chi connectivity index (χ0) is 15.5. The molecule has 1 fully saturated rings. The first-order valence-electron chi connectivity index (χ1n) is 7.84. The number of fused-ring (bicyclic) bond motifs is 1. The lowest BCUT2D eigenvalue weighted by molar-refractivity contribution is -0.132. The van der Waals surface area contributed by atoms with Crippen LogP contribution in [0.5, 0.6) is 0 Å². The van der Waals surface area contributed by atoms with Crippen LogP contribution in [0.4, 0.5) is 0 Å². The Morgan fingerprint density at radius 1 is 1.32 bits per heavy atom. The van der Waals surface area contributed by atoms with Gasteiger partial charge in [0.25, 0.3) is 0 Å². The van der Waals surface area contributed by atoms with Gasteiger partial charge in [0.15, 0.2) is 0 Å². The maximum atomic E-state index is 12.4. The van der Waals surface area contributed by atoms with E-state index in [4.69, 9.17) is 9.84 Å². The standard InChI is InChI=1S/C17H21NO4/c19-16(4-1-12-6-8-22-11-12)18-7-5-13-2-3-14(17(20)21)9-15(13)10-18/h2-3,9,12H,1,4-8,10-11H2,(H,20,21). The summed E-state index contributed by atoms with van der Waals surface area (Å²) in [5.74, 6) is -0.245. The van der Waals surface area contributed by atoms with E-state index in [1.165, 1.54) is 0 Å². The predicted molar refractivity (Wildman–Crippen MR) is 80.7 cm³/mol. The van der Waals surface area contributed by atoms with Crippen LogP contribution in [0.3, 0.4) is 0 Å². The number of carboxylic acid groups (broad SMARTS) is 1. The summed E-state index contributed by atoms with van der Waals surface area (Å²) in [6.07, 6.45) is 3.30. The van der Waals surface area contributed by atoms with Crippen LogP contribution >= 0.6 is 0 Å². The molecule has 2 heterocycles. The molecule has 2 aliphatic heterocycles. The highest BCUT2D eigenvalue weighted by molar-refractivity contribution is 5.88. The van der Waals surface area contributed by atoms with Crippen molar-refractivity contribution >= 4 is 11.9 Å². The number of nitrogens with zero attached hydrogens (tertiary/aromatic N) is 1. The smallest absolute Gasteiger partial charge is 0.335 e. The molecule has 1 atom stereocenters. The van der Waals surface area contributed by atoms with Crippen molar-refractivity contribution in [1.29, 1.82) is 0 Å². The van der Waals surface area contributed by atoms with Crippen LogP contribution in [0.25, 0.3) is 0 Å². The zero-order valence-electron chi connectivity index (χ0n) is 12.6. The number of ether oxygens (including phenoxy) is 1. The number of rotatable bonds is 4. The first kappa shape index (κ1) is 15.0. The van der Waals surface area contributed by atoms with Gasteiger partial charge >= 0.3 is 5.97 Å². The summed E-state index contributed by atoms with van der Waals surface area (Å²) in [4.78, 5) is 25.3. The fraction of sp³-hybridized carbons (Fsp3) is 0.529. The van der Waals surface area contributed by atoms with Crippen LogP contribution in [0.2, 0.25) is 0 Å². The highest BCUT2D eigenvalue weighted by Gasteiger charge is 2.23. The Kier molecular flexibility index (Phi) is 4.43. The third kappa shape index (κ3) is 3.30. The summed E-state index contributed by atoms with van der Waals surface area (Å²) >= 11 is 0. The van der Waals surface area contributed by atoms with E-state index in [0.717, 1.165) is 50.1 Å². The highest BCUT2D eigenvalue weighted by Crippen LogP contribution is 2.23. The molecule has 22 heavy (non-hydrogen) atoms. The maximum Gasteiger partial charge on any atom is 0.335 e. The third-order valence-electron chi connectivity index (χ3n) is 4.61. The Hall–Kier alpha value is -1.88. The van der Waals surface area contributed by atoms with E-state index in [0.29, 0.717) is 18.9 Å². The molecule has 0 spiro atoms. The Morgan fingerprint density at radius 3 is 2.91 bits per heavy atom. The monoisotopic (exact) mass is 303 g/mol. The van der Waals surface area contributed by atoms with Crippen molar-refractivity contribution in [3.63, 3.8) is 0 Å². The molecule has 5 heteroatoms. The second-order valence-corrected chi connectivity index (χ2v) is 6.12. The normalized spacial score (nSPS) is 20.7. The van der Waals surface area contributed by atoms with Gasteiger partial charge in [-0.25, -0.2) is 4.79 Å². The lowest BCUT2D eigenvalue weighted by atomic mass is 9.96. The van der Waals surface area contributed by atoms with Gasteiger partial charge in [0.1, 0.15) is 0 Å². The Labute approximate surface area is 129 Å². The van der Waals surface area contributed by atoms with E-state index in [9.17, 15) is 9.59 Å². The highest BCUT2D eigenvalue weighted by atomic mass is 16.5. The molecule has 1 amide bonds. The number of amides is 1. The van der Waals surface area contributed by atoms with Crippen molar-refractivity contribution in [3.8, 4) is 0 Å². The van der Waals surface area contributed by atoms with E-state index >= 15 is 0 Å². The first-order valence-corrected chi connectivity index (χ1v) is 7.84. The van der Waals surface area contributed by atoms with Gasteiger partial charge in [-0.15, -0.1) is 0 Å². The van der Waals surface area contributed by atoms with Gasteiger partial charge < -0.3 is 14.7 Å². The van der Waals surface area contributed by atoms with Crippen molar-refractivity contribution in [2.75, 3.05) is 19.8 Å². The lowest BCUT2D eigenvalue weighted by Crippen LogP contribution is -2.36. The Bertz CT molecular complexity index is 578. The largest absolute Gasteiger partial charge is 0.478 e. The number of aromatic carboxylic acids is 1. The summed E-state index contributed by atoms with van der Waals surface area (Å²) in [6, 6.07) is 5.21. The third-order valence-corrected chi connectivity index (χ3v) is 4.61. The van der Waals surface area contributed by atoms with Crippen LogP contribution in [0.15, 0.2) is 18.2 Å². The molecule has 1 saturated heterocycles. The molecule has 1 aromatic rings. The van der Waals surface area contributed by atoms with Crippen molar-refractivity contribution < 1.29 is 19.4 Å². The Balaban J connectivity index is 1.61. The fourth-order valence-corrected chi connectivity index (χ4v) is 3.20. The summed E-state index contributed by atoms with van der Waals surface area (Å²) in [6.45, 7) is 2.84. The van der Waals surface area contributed by atoms with Crippen molar-refractivity contribution in [2.24, 2.45) is 5.92 Å². The van der Waals surface area contributed by atoms with Gasteiger partial charge in [-0.1, -0.05) is 6.07 Å². The minimum atomic E-state index is -0.924. The van der Waals surface area contributed by atoms with E-state index in [1.807, 2.05) is 11.0 Å². The van der Waals surface area contributed by atoms with Gasteiger partial charge in [0.05, 0.1) is 5.56 Å². The van der Waals surface area contributed by atoms with Gasteiger partial charge in [0, 0.05) is 32.7 Å². The fourth-order valence-electron chi connectivity index (χ4n) is 3.20. The molecule has 0 saturated carbocycles. The molecule has 1 unspecified atom stereocenters. The summed E-state index contributed by atoms with van der Waals surface area (Å²) < 4.78 is 5.34. The minimum absolute atomic E-state index is 0.165. The lowest BCUT2D eigenvalue weighted by Gasteiger charge is -2.29. The quantitative estimate of drug-likeness (QED) is 0.925. The van der Waals surface area contributed by atoms with E-state index < -0.39 is 5.97 Å². The number of carbonyl (C=O) groups excluding carboxylic acids is 1. The number of carboxylic acids is 1. The molecule has 0 aliphatic carbocycles. The maximum absolute atomic E-state index is 12.4. The molecule has 2 aliphatic rings. The SMILES string of the molecule is O=C(O)c1ccc2c(c1)CN(C(=O)CCC1CCOC1)CC2. The van der Waals surface area contributed by atoms with E-state index in [2.05, 4.69) is 0 Å². The molecule has 5 nitrogen and oxygen atoms in total. The van der Waals surface area contributed by atoms with Crippen LogP contribution < -0.4 is 0 Å². The minimum Gasteiger partial charge on any atom is -0.478 e. The molecule has 3 rings (SSSR count). The molecule has 0 aromatic heterocycles. The molecule has 0 bridgehead atoms. The van der Waals surface area contributed by atoms with Crippen LogP contribution in [-0.2, 0) is 22.5 Å². The summed E-state index contributed by atoms with van der Waals surface area (Å²) in [5.41, 5.74) is 2.40. The Morgan fingerprint density at radius 2 is 2.18 bits per heavy atom. The number of benzene rings is 1. The van der Waals surface area contributed by atoms with Crippen molar-refractivity contribution in [2.45, 2.75) is 32.2 Å². The molecule has 1 aromatic carbocycles. The first-order chi connectivity index (χ1) is 10.6. The summed E-state index contributed by atoms with van der Waals surface area (Å²) in [7, 11) is 0. The molecule has 118 valence electrons. The molecule has 0 radical (unpaired) electrons. The van der Waals surface area contributed by atoms with Gasteiger partial charge in [0.2, 0.25) is 5.91 Å². The van der Waals surface area contributed by atoms with Crippen LogP contribution in [0.1, 0.15) is 40.7 Å². The van der Waals surface area contributed by atoms with Crippen molar-refractivity contribution in [3.05, 3.63) is 34.9 Å². The number of hydrogen-bond acceptors (Lipinski definition) is 3. The topological polar surface area (TPSA) is 66.8 Å². The second kappa shape index (κ2) is 6.48. The average Bonchev–Trinajstić information content (AvgIpc) is 3.04. The second-order valence-electron chi connectivity index (χ2n) is 6.12. The van der Waals surface area contributed by atoms with Gasteiger partial charge in [-0.3, -0.25) is 4.79 Å². The van der Waals surface area contributed by atoms with E-state index in [1.54, 1.807) is 12.1 Å².